The van der Waals surface area contributed by atoms with Gasteiger partial charge in [-0.2, -0.15) is 0 Å². The first-order chi connectivity index (χ1) is 15.7. The van der Waals surface area contributed by atoms with Crippen LogP contribution in [0.15, 0.2) is 30.3 Å². The lowest BCUT2D eigenvalue weighted by molar-refractivity contribution is -0.126. The van der Waals surface area contributed by atoms with Gasteiger partial charge < -0.3 is 24.4 Å². The lowest BCUT2D eigenvalue weighted by atomic mass is 9.86. The van der Waals surface area contributed by atoms with E-state index in [2.05, 4.69) is 23.5 Å². The zero-order chi connectivity index (χ0) is 23.8. The van der Waals surface area contributed by atoms with Crippen LogP contribution < -0.4 is 10.1 Å². The molecule has 1 fully saturated rings. The molecule has 2 aliphatic rings. The smallest absolute Gasteiger partial charge is 0.410 e. The van der Waals surface area contributed by atoms with Gasteiger partial charge in [0.15, 0.2) is 0 Å². The number of nitrogens with zero attached hydrogens (tertiary/aromatic N) is 1. The third-order valence-electron chi connectivity index (χ3n) is 6.15. The molecule has 1 aliphatic heterocycles. The van der Waals surface area contributed by atoms with Crippen LogP contribution in [0.2, 0.25) is 0 Å². The molecule has 0 bridgehead atoms. The van der Waals surface area contributed by atoms with E-state index in [4.69, 9.17) is 14.2 Å². The molecule has 7 heteroatoms. The van der Waals surface area contributed by atoms with Crippen LogP contribution in [-0.2, 0) is 14.3 Å². The number of allylic oxidation sites excluding steroid dienone is 2. The van der Waals surface area contributed by atoms with Gasteiger partial charge >= 0.3 is 6.09 Å². The maximum absolute atomic E-state index is 12.2. The van der Waals surface area contributed by atoms with Crippen molar-refractivity contribution in [1.29, 1.82) is 0 Å². The predicted octanol–water partition coefficient (Wildman–Crippen LogP) is 4.62. The summed E-state index contributed by atoms with van der Waals surface area (Å²) in [4.78, 5) is 26.1. The fourth-order valence-corrected chi connectivity index (χ4v) is 4.21. The Balaban J connectivity index is 1.41. The van der Waals surface area contributed by atoms with Gasteiger partial charge in [0, 0.05) is 26.1 Å². The Morgan fingerprint density at radius 3 is 2.36 bits per heavy atom. The van der Waals surface area contributed by atoms with E-state index in [0.29, 0.717) is 25.6 Å². The van der Waals surface area contributed by atoms with Crippen molar-refractivity contribution in [2.75, 3.05) is 33.5 Å². The highest BCUT2D eigenvalue weighted by Crippen LogP contribution is 2.31. The summed E-state index contributed by atoms with van der Waals surface area (Å²) in [7, 11) is 1.57. The van der Waals surface area contributed by atoms with Gasteiger partial charge in [0.05, 0.1) is 6.61 Å². The van der Waals surface area contributed by atoms with Crippen molar-refractivity contribution < 1.29 is 23.8 Å². The van der Waals surface area contributed by atoms with Gasteiger partial charge in [-0.1, -0.05) is 18.2 Å². The van der Waals surface area contributed by atoms with Gasteiger partial charge in [-0.25, -0.2) is 4.79 Å². The molecule has 0 spiro atoms. The Morgan fingerprint density at radius 1 is 1.09 bits per heavy atom. The molecule has 1 atom stereocenters. The lowest BCUT2D eigenvalue weighted by Gasteiger charge is -2.33. The molecule has 7 nitrogen and oxygen atoms in total. The van der Waals surface area contributed by atoms with Gasteiger partial charge in [-0.15, -0.1) is 0 Å². The quantitative estimate of drug-likeness (QED) is 0.604. The van der Waals surface area contributed by atoms with Gasteiger partial charge in [-0.3, -0.25) is 4.79 Å². The summed E-state index contributed by atoms with van der Waals surface area (Å²) in [5, 5.41) is 2.79. The number of hydrogen-bond donors (Lipinski definition) is 1. The zero-order valence-corrected chi connectivity index (χ0v) is 20.4. The summed E-state index contributed by atoms with van der Waals surface area (Å²) < 4.78 is 16.4. The molecule has 1 aromatic rings. The number of carbonyl (C=O) groups excluding carboxylic acids is 2. The van der Waals surface area contributed by atoms with Crippen LogP contribution in [0.4, 0.5) is 4.79 Å². The number of hydrogen-bond acceptors (Lipinski definition) is 5. The number of likely N-dealkylation sites (tertiary alicyclic amines) is 1. The van der Waals surface area contributed by atoms with Crippen molar-refractivity contribution in [1.82, 2.24) is 10.2 Å². The van der Waals surface area contributed by atoms with Crippen LogP contribution in [0, 0.1) is 11.8 Å². The summed E-state index contributed by atoms with van der Waals surface area (Å²) in [5.74, 6) is 1.38. The number of ether oxygens (including phenoxy) is 3. The monoisotopic (exact) mass is 458 g/mol. The van der Waals surface area contributed by atoms with E-state index in [9.17, 15) is 9.59 Å². The predicted molar refractivity (Wildman–Crippen MR) is 128 cm³/mol. The number of amides is 2. The molecule has 1 heterocycles. The average molecular weight is 459 g/mol. The number of methoxy groups -OCH3 is 1. The molecule has 3 rings (SSSR count). The van der Waals surface area contributed by atoms with E-state index in [1.807, 2.05) is 32.9 Å². The fraction of sp³-hybridized carbons (Fsp3) is 0.615. The highest BCUT2D eigenvalue weighted by Gasteiger charge is 2.27. The Labute approximate surface area is 197 Å². The minimum Gasteiger partial charge on any atom is -0.493 e. The largest absolute Gasteiger partial charge is 0.493 e. The molecular weight excluding hydrogens is 420 g/mol. The molecule has 182 valence electrons. The normalized spacial score (nSPS) is 19.6. The summed E-state index contributed by atoms with van der Waals surface area (Å²) in [5.41, 5.74) is 2.01. The fourth-order valence-electron chi connectivity index (χ4n) is 4.21. The Morgan fingerprint density at radius 2 is 1.79 bits per heavy atom. The van der Waals surface area contributed by atoms with Crippen LogP contribution in [0.5, 0.6) is 5.75 Å². The van der Waals surface area contributed by atoms with Crippen LogP contribution in [-0.4, -0.2) is 56.0 Å². The molecule has 1 unspecified atom stereocenters. The van der Waals surface area contributed by atoms with Crippen molar-refractivity contribution >= 4 is 17.6 Å². The van der Waals surface area contributed by atoms with Gasteiger partial charge in [0.25, 0.3) is 0 Å². The molecule has 1 aliphatic carbocycles. The van der Waals surface area contributed by atoms with E-state index >= 15 is 0 Å². The number of benzene rings is 1. The molecule has 1 N–H and O–H groups in total. The topological polar surface area (TPSA) is 77.1 Å². The van der Waals surface area contributed by atoms with Crippen molar-refractivity contribution in [2.24, 2.45) is 11.8 Å². The summed E-state index contributed by atoms with van der Waals surface area (Å²) in [6.45, 7) is 8.00. The van der Waals surface area contributed by atoms with Crippen LogP contribution in [0.3, 0.4) is 0 Å². The molecule has 2 amide bonds. The Hall–Kier alpha value is -2.54. The van der Waals surface area contributed by atoms with Crippen LogP contribution in [0.1, 0.15) is 58.4 Å². The SMILES string of the molecule is COCNC(=O)C1CC=C(c2ccc(OCC3CCN(C(=O)OC(C)(C)C)CC3)cc2)CC1. The van der Waals surface area contributed by atoms with Gasteiger partial charge in [0.2, 0.25) is 5.91 Å². The first-order valence-electron chi connectivity index (χ1n) is 11.9. The maximum Gasteiger partial charge on any atom is 0.410 e. The van der Waals surface area contributed by atoms with E-state index in [1.54, 1.807) is 12.0 Å². The zero-order valence-electron chi connectivity index (χ0n) is 20.4. The summed E-state index contributed by atoms with van der Waals surface area (Å²) >= 11 is 0. The molecule has 1 saturated heterocycles. The first kappa shape index (κ1) is 25.1. The van der Waals surface area contributed by atoms with Crippen molar-refractivity contribution in [3.8, 4) is 5.75 Å². The van der Waals surface area contributed by atoms with Gasteiger partial charge in [-0.05, 0) is 82.1 Å². The van der Waals surface area contributed by atoms with Crippen molar-refractivity contribution in [2.45, 2.75) is 58.5 Å². The minimum atomic E-state index is -0.461. The van der Waals surface area contributed by atoms with Crippen LogP contribution >= 0.6 is 0 Å². The Bertz CT molecular complexity index is 820. The highest BCUT2D eigenvalue weighted by atomic mass is 16.6. The van der Waals surface area contributed by atoms with E-state index in [-0.39, 0.29) is 24.6 Å². The summed E-state index contributed by atoms with van der Waals surface area (Å²) in [6, 6.07) is 8.22. The van der Waals surface area contributed by atoms with Crippen LogP contribution in [0.25, 0.3) is 5.57 Å². The first-order valence-corrected chi connectivity index (χ1v) is 11.9. The second-order valence-corrected chi connectivity index (χ2v) is 9.92. The highest BCUT2D eigenvalue weighted by molar-refractivity contribution is 5.80. The summed E-state index contributed by atoms with van der Waals surface area (Å²) in [6.07, 6.45) is 6.28. The maximum atomic E-state index is 12.2. The third kappa shape index (κ3) is 7.77. The molecule has 0 radical (unpaired) electrons. The second-order valence-electron chi connectivity index (χ2n) is 9.92. The molecule has 0 saturated carbocycles. The lowest BCUT2D eigenvalue weighted by Crippen LogP contribution is -2.42. The Kier molecular flexibility index (Phi) is 8.78. The van der Waals surface area contributed by atoms with E-state index in [0.717, 1.165) is 37.9 Å². The minimum absolute atomic E-state index is 0.0215. The molecule has 1 aromatic carbocycles. The van der Waals surface area contributed by atoms with Crippen molar-refractivity contribution in [3.05, 3.63) is 35.9 Å². The van der Waals surface area contributed by atoms with Gasteiger partial charge in [0.1, 0.15) is 18.1 Å². The molecule has 0 aromatic heterocycles. The van der Waals surface area contributed by atoms with E-state index < -0.39 is 5.60 Å². The number of nitrogens with one attached hydrogen (secondary N) is 1. The number of rotatable bonds is 7. The van der Waals surface area contributed by atoms with E-state index in [1.165, 1.54) is 11.1 Å². The second kappa shape index (κ2) is 11.5. The molecular formula is C26H38N2O5. The average Bonchev–Trinajstić information content (AvgIpc) is 2.81. The number of piperidine rings is 1. The van der Waals surface area contributed by atoms with Crippen molar-refractivity contribution in [3.63, 3.8) is 0 Å². The number of carbonyl (C=O) groups is 2. The third-order valence-corrected chi connectivity index (χ3v) is 6.15. The standard InChI is InChI=1S/C26H38N2O5/c1-26(2,3)33-25(30)28-15-13-19(14-16-28)17-32-23-11-9-21(10-12-23)20-5-7-22(8-6-20)24(29)27-18-31-4/h5,9-12,19,22H,6-8,13-18H2,1-4H3,(H,27,29). The molecule has 33 heavy (non-hydrogen) atoms.